The molecular weight excluding hydrogens is 202 g/mol. The van der Waals surface area contributed by atoms with E-state index in [0.717, 1.165) is 5.56 Å². The minimum atomic E-state index is -0.362. The predicted molar refractivity (Wildman–Crippen MR) is 66.2 cm³/mol. The molecule has 1 N–H and O–H groups in total. The highest BCUT2D eigenvalue weighted by molar-refractivity contribution is 5.67. The lowest BCUT2D eigenvalue weighted by atomic mass is 9.97. The molecule has 0 radical (unpaired) electrons. The number of hydrogen-bond donors (Lipinski definition) is 1. The number of ether oxygens (including phenoxy) is 1. The lowest BCUT2D eigenvalue weighted by molar-refractivity contribution is 0.136. The van der Waals surface area contributed by atoms with Crippen molar-refractivity contribution in [2.75, 3.05) is 6.54 Å². The maximum Gasteiger partial charge on any atom is 0.407 e. The summed E-state index contributed by atoms with van der Waals surface area (Å²) in [5, 5.41) is 2.73. The molecule has 3 heteroatoms. The Bertz CT molecular complexity index is 333. The van der Waals surface area contributed by atoms with Gasteiger partial charge in [0.2, 0.25) is 0 Å². The molecule has 0 heterocycles. The molecule has 0 unspecified atom stereocenters. The Morgan fingerprint density at radius 2 is 1.94 bits per heavy atom. The van der Waals surface area contributed by atoms with Crippen molar-refractivity contribution in [3.63, 3.8) is 0 Å². The number of nitrogens with one attached hydrogen (secondary N) is 1. The van der Waals surface area contributed by atoms with Gasteiger partial charge in [-0.05, 0) is 11.0 Å². The lowest BCUT2D eigenvalue weighted by Crippen LogP contribution is -2.32. The summed E-state index contributed by atoms with van der Waals surface area (Å²) in [7, 11) is 0. The summed E-state index contributed by atoms with van der Waals surface area (Å²) in [6.07, 6.45) is -0.362. The van der Waals surface area contributed by atoms with Crippen molar-refractivity contribution >= 4 is 6.09 Å². The summed E-state index contributed by atoms with van der Waals surface area (Å²) in [5.41, 5.74) is 1.07. The van der Waals surface area contributed by atoms with Gasteiger partial charge in [-0.1, -0.05) is 51.1 Å². The average molecular weight is 223 g/mol. The normalized spacial score (nSPS) is 10.9. The fourth-order valence-electron chi connectivity index (χ4n) is 1.11. The Hall–Kier alpha value is -1.51. The Morgan fingerprint density at radius 3 is 2.50 bits per heavy atom. The zero-order valence-corrected chi connectivity index (χ0v) is 10.1. The molecule has 90 valence electrons. The van der Waals surface area contributed by atoms with E-state index in [9.17, 15) is 4.79 Å². The molecule has 1 aromatic rings. The molecule has 1 rings (SSSR count). The van der Waals surface area contributed by atoms with Crippen molar-refractivity contribution in [1.29, 1.82) is 0 Å². The Balaban J connectivity index is 0.00000256. The van der Waals surface area contributed by atoms with E-state index in [2.05, 4.69) is 26.1 Å². The first-order valence-corrected chi connectivity index (χ1v) is 5.42. The number of rotatable bonds is 3. The molecular formula is C13H21NO2. The van der Waals surface area contributed by atoms with Crippen LogP contribution < -0.4 is 5.32 Å². The number of benzene rings is 1. The highest BCUT2D eigenvalue weighted by atomic mass is 16.5. The van der Waals surface area contributed by atoms with Gasteiger partial charge in [0.25, 0.3) is 0 Å². The first kappa shape index (κ1) is 12.6. The van der Waals surface area contributed by atoms with Gasteiger partial charge in [0.1, 0.15) is 6.61 Å². The van der Waals surface area contributed by atoms with E-state index in [4.69, 9.17) is 4.74 Å². The van der Waals surface area contributed by atoms with Gasteiger partial charge in [-0.15, -0.1) is 0 Å². The van der Waals surface area contributed by atoms with E-state index in [1.54, 1.807) is 0 Å². The topological polar surface area (TPSA) is 38.3 Å². The maximum absolute atomic E-state index is 11.3. The molecule has 0 bridgehead atoms. The van der Waals surface area contributed by atoms with E-state index in [0.29, 0.717) is 13.2 Å². The SMILES string of the molecule is CC(C)(C)CNC(=O)OCc1ccccc1.[HH]. The monoisotopic (exact) mass is 223 g/mol. The number of carbonyl (C=O) groups excluding carboxylic acids is 1. The number of alkyl carbamates (subject to hydrolysis) is 1. The molecule has 1 aromatic carbocycles. The summed E-state index contributed by atoms with van der Waals surface area (Å²) in [4.78, 5) is 11.3. The van der Waals surface area contributed by atoms with Gasteiger partial charge < -0.3 is 10.1 Å². The molecule has 3 nitrogen and oxygen atoms in total. The van der Waals surface area contributed by atoms with Gasteiger partial charge in [0, 0.05) is 7.97 Å². The molecule has 0 aliphatic rings. The van der Waals surface area contributed by atoms with Gasteiger partial charge >= 0.3 is 6.09 Å². The predicted octanol–water partition coefficient (Wildman–Crippen LogP) is 3.20. The fraction of sp³-hybridized carbons (Fsp3) is 0.462. The van der Waals surface area contributed by atoms with Crippen LogP contribution in [0.1, 0.15) is 27.8 Å². The minimum Gasteiger partial charge on any atom is -0.445 e. The third kappa shape index (κ3) is 5.39. The minimum absolute atomic E-state index is 0. The molecule has 0 fully saturated rings. The molecule has 0 aliphatic carbocycles. The quantitative estimate of drug-likeness (QED) is 0.854. The summed E-state index contributed by atoms with van der Waals surface area (Å²) in [6.45, 7) is 7.11. The molecule has 0 saturated carbocycles. The van der Waals surface area contributed by atoms with Crippen LogP contribution >= 0.6 is 0 Å². The van der Waals surface area contributed by atoms with Gasteiger partial charge in [-0.2, -0.15) is 0 Å². The van der Waals surface area contributed by atoms with Crippen LogP contribution in [-0.4, -0.2) is 12.6 Å². The van der Waals surface area contributed by atoms with Gasteiger partial charge in [0.05, 0.1) is 0 Å². The van der Waals surface area contributed by atoms with Crippen LogP contribution in [0.2, 0.25) is 0 Å². The summed E-state index contributed by atoms with van der Waals surface area (Å²) >= 11 is 0. The number of carbonyl (C=O) groups is 1. The van der Waals surface area contributed by atoms with Crippen molar-refractivity contribution in [1.82, 2.24) is 5.32 Å². The van der Waals surface area contributed by atoms with Gasteiger partial charge in [-0.3, -0.25) is 0 Å². The number of amides is 1. The van der Waals surface area contributed by atoms with Gasteiger partial charge in [0.15, 0.2) is 0 Å². The molecule has 1 amide bonds. The highest BCUT2D eigenvalue weighted by Gasteiger charge is 2.12. The smallest absolute Gasteiger partial charge is 0.407 e. The van der Waals surface area contributed by atoms with Crippen LogP contribution in [0.15, 0.2) is 30.3 Å². The van der Waals surface area contributed by atoms with Crippen LogP contribution in [-0.2, 0) is 11.3 Å². The zero-order chi connectivity index (χ0) is 12.0. The molecule has 0 atom stereocenters. The van der Waals surface area contributed by atoms with Crippen molar-refractivity contribution < 1.29 is 11.0 Å². The maximum atomic E-state index is 11.3. The Morgan fingerprint density at radius 1 is 1.31 bits per heavy atom. The second-order valence-electron chi connectivity index (χ2n) is 4.98. The lowest BCUT2D eigenvalue weighted by Gasteiger charge is -2.18. The van der Waals surface area contributed by atoms with Crippen LogP contribution in [0.25, 0.3) is 0 Å². The standard InChI is InChI=1S/C13H19NO2.H2/c1-13(2,3)10-14-12(15)16-9-11-7-5-4-6-8-11;/h4-8H,9-10H2,1-3H3,(H,14,15);1H. The van der Waals surface area contributed by atoms with E-state index in [1.807, 2.05) is 30.3 Å². The van der Waals surface area contributed by atoms with Gasteiger partial charge in [-0.25, -0.2) is 4.79 Å². The first-order chi connectivity index (χ1) is 7.47. The molecule has 0 aromatic heterocycles. The van der Waals surface area contributed by atoms with Crippen LogP contribution in [0.3, 0.4) is 0 Å². The fourth-order valence-corrected chi connectivity index (χ4v) is 1.11. The Kier molecular flexibility index (Phi) is 4.35. The highest BCUT2D eigenvalue weighted by Crippen LogP contribution is 2.10. The van der Waals surface area contributed by atoms with Crippen molar-refractivity contribution in [3.8, 4) is 0 Å². The first-order valence-electron chi connectivity index (χ1n) is 5.42. The molecule has 0 saturated heterocycles. The van der Waals surface area contributed by atoms with Crippen molar-refractivity contribution in [2.45, 2.75) is 27.4 Å². The third-order valence-electron chi connectivity index (χ3n) is 1.98. The van der Waals surface area contributed by atoms with E-state index >= 15 is 0 Å². The third-order valence-corrected chi connectivity index (χ3v) is 1.98. The Labute approximate surface area is 98.3 Å². The summed E-state index contributed by atoms with van der Waals surface area (Å²) in [5.74, 6) is 0. The second-order valence-corrected chi connectivity index (χ2v) is 4.98. The van der Waals surface area contributed by atoms with E-state index in [-0.39, 0.29) is 12.9 Å². The van der Waals surface area contributed by atoms with Crippen LogP contribution in [0.5, 0.6) is 0 Å². The van der Waals surface area contributed by atoms with Crippen molar-refractivity contribution in [2.24, 2.45) is 5.41 Å². The zero-order valence-electron chi connectivity index (χ0n) is 10.1. The number of hydrogen-bond acceptors (Lipinski definition) is 2. The van der Waals surface area contributed by atoms with Crippen LogP contribution in [0.4, 0.5) is 4.79 Å². The molecule has 0 aliphatic heterocycles. The van der Waals surface area contributed by atoms with Crippen molar-refractivity contribution in [3.05, 3.63) is 35.9 Å². The summed E-state index contributed by atoms with van der Waals surface area (Å²) < 4.78 is 5.07. The van der Waals surface area contributed by atoms with E-state index < -0.39 is 0 Å². The van der Waals surface area contributed by atoms with E-state index in [1.165, 1.54) is 0 Å². The summed E-state index contributed by atoms with van der Waals surface area (Å²) in [6, 6.07) is 9.63. The van der Waals surface area contributed by atoms with Crippen LogP contribution in [0, 0.1) is 5.41 Å². The average Bonchev–Trinajstić information content (AvgIpc) is 2.24. The molecule has 16 heavy (non-hydrogen) atoms. The largest absolute Gasteiger partial charge is 0.445 e. The molecule has 0 spiro atoms. The second kappa shape index (κ2) is 5.54.